The van der Waals surface area contributed by atoms with Crippen molar-refractivity contribution in [3.63, 3.8) is 0 Å². The average molecular weight is 295 g/mol. The Kier molecular flexibility index (Phi) is 5.15. The van der Waals surface area contributed by atoms with Crippen LogP contribution in [0.15, 0.2) is 24.3 Å². The lowest BCUT2D eigenvalue weighted by Crippen LogP contribution is -1.95. The van der Waals surface area contributed by atoms with E-state index in [4.69, 9.17) is 5.11 Å². The molecular weight excluding hydrogens is 286 g/mol. The molecule has 0 fully saturated rings. The van der Waals surface area contributed by atoms with E-state index in [0.29, 0.717) is 24.3 Å². The van der Waals surface area contributed by atoms with E-state index >= 15 is 0 Å². The second kappa shape index (κ2) is 6.42. The Morgan fingerprint density at radius 1 is 0.550 bits per heavy atom. The van der Waals surface area contributed by atoms with Crippen molar-refractivity contribution < 1.29 is 31.4 Å². The summed E-state index contributed by atoms with van der Waals surface area (Å²) in [5.74, 6) is -9.40. The molecule has 0 saturated carbocycles. The van der Waals surface area contributed by atoms with Crippen LogP contribution in [-0.4, -0.2) is 12.2 Å². The monoisotopic (exact) mass is 295 g/mol. The average Bonchev–Trinajstić information content (AvgIpc) is 2.43. The van der Waals surface area contributed by atoms with Gasteiger partial charge in [0.2, 0.25) is 0 Å². The predicted octanol–water partition coefficient (Wildman–Crippen LogP) is 3.53. The zero-order valence-electron chi connectivity index (χ0n) is 10.1. The highest BCUT2D eigenvalue weighted by atomic mass is 19.2. The summed E-state index contributed by atoms with van der Waals surface area (Å²) in [5, 5.41) is 5.75. The fourth-order valence-corrected chi connectivity index (χ4v) is 1.44. The van der Waals surface area contributed by atoms with Gasteiger partial charge in [-0.15, -0.1) is 0 Å². The summed E-state index contributed by atoms with van der Waals surface area (Å²) in [7, 11) is 1.25. The van der Waals surface area contributed by atoms with Gasteiger partial charge in [0.05, 0.1) is 0 Å². The highest BCUT2D eigenvalue weighted by Gasteiger charge is 2.15. The van der Waals surface area contributed by atoms with Crippen LogP contribution in [0.5, 0.6) is 0 Å². The molecule has 0 saturated heterocycles. The minimum absolute atomic E-state index is 0.302. The third-order valence-corrected chi connectivity index (χ3v) is 2.30. The number of rotatable bonds is 1. The number of benzene rings is 2. The maximum atomic E-state index is 12.9. The van der Waals surface area contributed by atoms with Crippen LogP contribution in [0, 0.1) is 34.9 Å². The van der Waals surface area contributed by atoms with Gasteiger partial charge in [0.25, 0.3) is 0 Å². The Balaban J connectivity index is 0.000000956. The fraction of sp³-hybridized carbons (Fsp3) is 0.0769. The largest absolute Gasteiger partial charge is 0.448 e. The Hall–Kier alpha value is -2.02. The molecule has 0 spiro atoms. The van der Waals surface area contributed by atoms with Gasteiger partial charge >= 0.3 is 0 Å². The molecule has 0 radical (unpaired) electrons. The van der Waals surface area contributed by atoms with E-state index in [0.717, 1.165) is 0 Å². The van der Waals surface area contributed by atoms with E-state index in [9.17, 15) is 26.3 Å². The van der Waals surface area contributed by atoms with Gasteiger partial charge in [0.15, 0.2) is 34.9 Å². The maximum absolute atomic E-state index is 12.9. The Morgan fingerprint density at radius 3 is 0.950 bits per heavy atom. The number of halogens is 6. The van der Waals surface area contributed by atoms with Gasteiger partial charge in [-0.25, -0.2) is 26.3 Å². The zero-order chi connectivity index (χ0) is 15.4. The minimum Gasteiger partial charge on any atom is -0.448 e. The van der Waals surface area contributed by atoms with E-state index in [-0.39, 0.29) is 11.1 Å². The molecule has 0 unspecified atom stereocenters. The lowest BCUT2D eigenvalue weighted by atomic mass is 10.0. The molecule has 2 aromatic rings. The molecule has 2 aromatic carbocycles. The molecule has 0 aromatic heterocycles. The Labute approximate surface area is 110 Å². The topological polar surface area (TPSA) is 22.9 Å². The molecule has 0 bridgehead atoms. The molecular formula is C13H9F6O+. The van der Waals surface area contributed by atoms with Gasteiger partial charge in [-0.1, -0.05) is 0 Å². The van der Waals surface area contributed by atoms with Gasteiger partial charge in [-0.2, -0.15) is 0 Å². The van der Waals surface area contributed by atoms with Crippen molar-refractivity contribution in [2.75, 3.05) is 7.11 Å². The Morgan fingerprint density at radius 2 is 0.750 bits per heavy atom. The predicted molar refractivity (Wildman–Crippen MR) is 61.2 cm³/mol. The van der Waals surface area contributed by atoms with Crippen LogP contribution < -0.4 is 0 Å². The van der Waals surface area contributed by atoms with Crippen LogP contribution in [-0.2, 0) is 0 Å². The normalized spacial score (nSPS) is 10.0. The first-order chi connectivity index (χ1) is 9.40. The molecule has 0 heterocycles. The summed E-state index contributed by atoms with van der Waals surface area (Å²) in [6, 6.07) is 2.24. The van der Waals surface area contributed by atoms with E-state index < -0.39 is 34.9 Å². The molecule has 0 aliphatic heterocycles. The van der Waals surface area contributed by atoms with Crippen LogP contribution in [0.4, 0.5) is 26.3 Å². The summed E-state index contributed by atoms with van der Waals surface area (Å²) < 4.78 is 77.1. The van der Waals surface area contributed by atoms with Crippen LogP contribution in [0.2, 0.25) is 0 Å². The first-order valence-corrected chi connectivity index (χ1v) is 5.19. The number of hydrogen-bond donors (Lipinski definition) is 0. The first-order valence-electron chi connectivity index (χ1n) is 5.19. The van der Waals surface area contributed by atoms with Crippen molar-refractivity contribution in [1.82, 2.24) is 0 Å². The second-order valence-electron chi connectivity index (χ2n) is 3.51. The van der Waals surface area contributed by atoms with Gasteiger partial charge in [-0.3, -0.25) is 0 Å². The van der Waals surface area contributed by atoms with Crippen molar-refractivity contribution in [2.45, 2.75) is 0 Å². The summed E-state index contributed by atoms with van der Waals surface area (Å²) in [4.78, 5) is 0. The van der Waals surface area contributed by atoms with Gasteiger partial charge < -0.3 is 5.11 Å². The van der Waals surface area contributed by atoms with Crippen molar-refractivity contribution >= 4 is 0 Å². The summed E-state index contributed by atoms with van der Waals surface area (Å²) in [6.07, 6.45) is 0. The first kappa shape index (κ1) is 16.0. The van der Waals surface area contributed by atoms with Crippen molar-refractivity contribution in [2.24, 2.45) is 0 Å². The van der Waals surface area contributed by atoms with Gasteiger partial charge in [0, 0.05) is 0 Å². The molecule has 2 N–H and O–H groups in total. The fourth-order valence-electron chi connectivity index (χ4n) is 1.44. The molecule has 0 aliphatic rings. The molecule has 108 valence electrons. The van der Waals surface area contributed by atoms with E-state index in [1.54, 1.807) is 0 Å². The zero-order valence-corrected chi connectivity index (χ0v) is 10.1. The highest BCUT2D eigenvalue weighted by Crippen LogP contribution is 2.26. The molecule has 1 nitrogen and oxygen atoms in total. The smallest absolute Gasteiger partial charge is 0.194 e. The molecule has 0 aliphatic carbocycles. The van der Waals surface area contributed by atoms with Gasteiger partial charge in [-0.05, 0) is 35.4 Å². The van der Waals surface area contributed by atoms with Crippen molar-refractivity contribution in [3.05, 3.63) is 59.2 Å². The van der Waals surface area contributed by atoms with E-state index in [2.05, 4.69) is 0 Å². The maximum Gasteiger partial charge on any atom is 0.194 e. The van der Waals surface area contributed by atoms with Crippen LogP contribution in [0.1, 0.15) is 0 Å². The summed E-state index contributed by atoms with van der Waals surface area (Å²) in [5.41, 5.74) is -0.603. The lowest BCUT2D eigenvalue weighted by molar-refractivity contribution is 0.399. The summed E-state index contributed by atoms with van der Waals surface area (Å²) >= 11 is 0. The van der Waals surface area contributed by atoms with Crippen molar-refractivity contribution in [1.29, 1.82) is 0 Å². The van der Waals surface area contributed by atoms with Crippen LogP contribution in [0.25, 0.3) is 11.1 Å². The van der Waals surface area contributed by atoms with Crippen LogP contribution in [0.3, 0.4) is 0 Å². The lowest BCUT2D eigenvalue weighted by Gasteiger charge is -2.05. The van der Waals surface area contributed by atoms with Gasteiger partial charge in [0.1, 0.15) is 7.11 Å². The number of hydrogen-bond acceptors (Lipinski definition) is 0. The van der Waals surface area contributed by atoms with E-state index in [1.165, 1.54) is 7.11 Å². The molecule has 0 atom stereocenters. The second-order valence-corrected chi connectivity index (χ2v) is 3.51. The third-order valence-electron chi connectivity index (χ3n) is 2.30. The third kappa shape index (κ3) is 3.11. The summed E-state index contributed by atoms with van der Waals surface area (Å²) in [6.45, 7) is 0. The minimum atomic E-state index is -1.69. The Bertz CT molecular complexity index is 525. The highest BCUT2D eigenvalue weighted by molar-refractivity contribution is 5.63. The quantitative estimate of drug-likeness (QED) is 0.436. The standard InChI is InChI=1S/C12H4F6.CH4O/c13-7-1-5(2-8(14)11(7)17)6-3-9(15)12(18)10(16)4-6;1-2/h1-4H;2H,1H3/p+1. The molecule has 7 heteroatoms. The van der Waals surface area contributed by atoms with E-state index in [1.807, 2.05) is 0 Å². The SMILES string of the molecule is C[OH2+].Fc1cc(-c2cc(F)c(F)c(F)c2)cc(F)c1F. The molecule has 0 amide bonds. The van der Waals surface area contributed by atoms with Crippen LogP contribution >= 0.6 is 0 Å². The molecule has 20 heavy (non-hydrogen) atoms. The van der Waals surface area contributed by atoms with Crippen molar-refractivity contribution in [3.8, 4) is 11.1 Å². The molecule has 2 rings (SSSR count).